The lowest BCUT2D eigenvalue weighted by atomic mass is 10.1. The quantitative estimate of drug-likeness (QED) is 0.754. The monoisotopic (exact) mass is 239 g/mol. The number of aromatic nitrogens is 1. The summed E-state index contributed by atoms with van der Waals surface area (Å²) in [5.74, 6) is -1.08. The molecule has 2 aromatic rings. The van der Waals surface area contributed by atoms with E-state index in [-0.39, 0.29) is 5.56 Å². The molecular formula is C11H10ClNO3. The van der Waals surface area contributed by atoms with Crippen molar-refractivity contribution in [1.29, 1.82) is 0 Å². The summed E-state index contributed by atoms with van der Waals surface area (Å²) >= 11 is 5.81. The van der Waals surface area contributed by atoms with Crippen LogP contribution in [0.2, 0.25) is 5.02 Å². The fourth-order valence-corrected chi connectivity index (χ4v) is 1.90. The molecule has 0 amide bonds. The van der Waals surface area contributed by atoms with Gasteiger partial charge in [0.1, 0.15) is 0 Å². The molecule has 0 spiro atoms. The third-order valence-electron chi connectivity index (χ3n) is 2.42. The van der Waals surface area contributed by atoms with Crippen molar-refractivity contribution in [2.24, 2.45) is 0 Å². The molecule has 0 saturated heterocycles. The molecule has 5 heteroatoms. The van der Waals surface area contributed by atoms with Crippen LogP contribution >= 0.6 is 11.6 Å². The highest BCUT2D eigenvalue weighted by Gasteiger charge is 2.20. The number of carboxylic acids is 1. The molecule has 0 saturated carbocycles. The Morgan fingerprint density at radius 2 is 2.19 bits per heavy atom. The van der Waals surface area contributed by atoms with E-state index >= 15 is 0 Å². The lowest BCUT2D eigenvalue weighted by Gasteiger charge is -2.02. The summed E-state index contributed by atoms with van der Waals surface area (Å²) in [6.45, 7) is 1.51. The second kappa shape index (κ2) is 3.81. The number of carboxylic acid groups (broad SMARTS) is 1. The number of hydrogen-bond donors (Lipinski definition) is 3. The fraction of sp³-hybridized carbons (Fsp3) is 0.182. The number of hydrogen-bond acceptors (Lipinski definition) is 2. The van der Waals surface area contributed by atoms with E-state index in [1.807, 2.05) is 0 Å². The first-order valence-corrected chi connectivity index (χ1v) is 5.11. The van der Waals surface area contributed by atoms with Crippen LogP contribution in [0, 0.1) is 0 Å². The van der Waals surface area contributed by atoms with E-state index in [0.717, 1.165) is 0 Å². The van der Waals surface area contributed by atoms with Crippen LogP contribution in [0.4, 0.5) is 0 Å². The minimum absolute atomic E-state index is 0.0764. The van der Waals surface area contributed by atoms with E-state index in [9.17, 15) is 9.90 Å². The standard InChI is InChI=1S/C11H10ClNO3/c1-5(14)10-9(11(15)16)7-4-6(12)2-3-8(7)13-10/h2-5,13-14H,1H3,(H,15,16). The number of fused-ring (bicyclic) bond motifs is 1. The van der Waals surface area contributed by atoms with E-state index in [1.165, 1.54) is 6.92 Å². The Morgan fingerprint density at radius 1 is 1.50 bits per heavy atom. The molecule has 0 fully saturated rings. The molecule has 1 heterocycles. The van der Waals surface area contributed by atoms with Crippen LogP contribution in [-0.4, -0.2) is 21.2 Å². The summed E-state index contributed by atoms with van der Waals surface area (Å²) in [6.07, 6.45) is -0.864. The minimum atomic E-state index is -1.08. The van der Waals surface area contributed by atoms with Gasteiger partial charge in [-0.05, 0) is 25.1 Å². The Bertz CT molecular complexity index is 560. The zero-order chi connectivity index (χ0) is 11.9. The van der Waals surface area contributed by atoms with Gasteiger partial charge in [0.25, 0.3) is 0 Å². The molecule has 3 N–H and O–H groups in total. The van der Waals surface area contributed by atoms with Gasteiger partial charge in [0, 0.05) is 15.9 Å². The highest BCUT2D eigenvalue weighted by atomic mass is 35.5. The third-order valence-corrected chi connectivity index (χ3v) is 2.66. The van der Waals surface area contributed by atoms with Crippen molar-refractivity contribution < 1.29 is 15.0 Å². The van der Waals surface area contributed by atoms with Crippen molar-refractivity contribution in [3.8, 4) is 0 Å². The van der Waals surface area contributed by atoms with Gasteiger partial charge in [-0.2, -0.15) is 0 Å². The van der Waals surface area contributed by atoms with Crippen molar-refractivity contribution in [1.82, 2.24) is 4.98 Å². The van der Waals surface area contributed by atoms with E-state index in [4.69, 9.17) is 16.7 Å². The molecule has 1 atom stereocenters. The van der Waals surface area contributed by atoms with E-state index in [1.54, 1.807) is 18.2 Å². The van der Waals surface area contributed by atoms with Gasteiger partial charge in [0.2, 0.25) is 0 Å². The first kappa shape index (κ1) is 11.0. The van der Waals surface area contributed by atoms with Crippen LogP contribution in [0.5, 0.6) is 0 Å². The second-order valence-corrected chi connectivity index (χ2v) is 4.02. The Morgan fingerprint density at radius 3 is 2.75 bits per heavy atom. The molecule has 84 valence electrons. The minimum Gasteiger partial charge on any atom is -0.478 e. The number of aromatic amines is 1. The van der Waals surface area contributed by atoms with Gasteiger partial charge in [0.15, 0.2) is 0 Å². The van der Waals surface area contributed by atoms with Crippen molar-refractivity contribution >= 4 is 28.5 Å². The third kappa shape index (κ3) is 1.66. The highest BCUT2D eigenvalue weighted by Crippen LogP contribution is 2.28. The normalized spacial score (nSPS) is 12.9. The van der Waals surface area contributed by atoms with Crippen molar-refractivity contribution in [3.05, 3.63) is 34.5 Å². The molecular weight excluding hydrogens is 230 g/mol. The number of benzene rings is 1. The average Bonchev–Trinajstić information content (AvgIpc) is 2.55. The first-order valence-electron chi connectivity index (χ1n) is 4.73. The smallest absolute Gasteiger partial charge is 0.338 e. The van der Waals surface area contributed by atoms with Gasteiger partial charge in [-0.1, -0.05) is 11.6 Å². The summed E-state index contributed by atoms with van der Waals surface area (Å²) in [5, 5.41) is 19.6. The molecule has 16 heavy (non-hydrogen) atoms. The summed E-state index contributed by atoms with van der Waals surface area (Å²) in [7, 11) is 0. The predicted molar refractivity (Wildman–Crippen MR) is 60.9 cm³/mol. The van der Waals surface area contributed by atoms with Gasteiger partial charge in [-0.15, -0.1) is 0 Å². The summed E-state index contributed by atoms with van der Waals surface area (Å²) in [6, 6.07) is 4.93. The van der Waals surface area contributed by atoms with E-state index < -0.39 is 12.1 Å². The van der Waals surface area contributed by atoms with Crippen molar-refractivity contribution in [2.75, 3.05) is 0 Å². The van der Waals surface area contributed by atoms with Gasteiger partial charge in [0.05, 0.1) is 17.4 Å². The summed E-state index contributed by atoms with van der Waals surface area (Å²) in [5.41, 5.74) is 1.02. The maximum Gasteiger partial charge on any atom is 0.338 e. The SMILES string of the molecule is CC(O)c1[nH]c2ccc(Cl)cc2c1C(=O)O. The lowest BCUT2D eigenvalue weighted by molar-refractivity contribution is 0.0692. The van der Waals surface area contributed by atoms with E-state index in [0.29, 0.717) is 21.6 Å². The number of H-pyrrole nitrogens is 1. The molecule has 0 aliphatic rings. The zero-order valence-electron chi connectivity index (χ0n) is 8.49. The van der Waals surface area contributed by atoms with Crippen LogP contribution < -0.4 is 0 Å². The maximum absolute atomic E-state index is 11.1. The fourth-order valence-electron chi connectivity index (χ4n) is 1.73. The second-order valence-electron chi connectivity index (χ2n) is 3.58. The zero-order valence-corrected chi connectivity index (χ0v) is 9.25. The maximum atomic E-state index is 11.1. The Kier molecular flexibility index (Phi) is 2.61. The predicted octanol–water partition coefficient (Wildman–Crippen LogP) is 2.57. The number of aliphatic hydroxyl groups excluding tert-OH is 1. The number of halogens is 1. The molecule has 0 bridgehead atoms. The number of aromatic carboxylic acids is 1. The van der Waals surface area contributed by atoms with Crippen molar-refractivity contribution in [2.45, 2.75) is 13.0 Å². The molecule has 0 radical (unpaired) electrons. The number of nitrogens with one attached hydrogen (secondary N) is 1. The van der Waals surface area contributed by atoms with Gasteiger partial charge in [-0.3, -0.25) is 0 Å². The number of aliphatic hydroxyl groups is 1. The van der Waals surface area contributed by atoms with Crippen LogP contribution in [0.15, 0.2) is 18.2 Å². The highest BCUT2D eigenvalue weighted by molar-refractivity contribution is 6.31. The Balaban J connectivity index is 2.82. The molecule has 2 rings (SSSR count). The van der Waals surface area contributed by atoms with Crippen LogP contribution in [-0.2, 0) is 0 Å². The summed E-state index contributed by atoms with van der Waals surface area (Å²) in [4.78, 5) is 14.0. The van der Waals surface area contributed by atoms with Crippen molar-refractivity contribution in [3.63, 3.8) is 0 Å². The molecule has 0 aliphatic heterocycles. The largest absolute Gasteiger partial charge is 0.478 e. The molecule has 4 nitrogen and oxygen atoms in total. The molecule has 0 aliphatic carbocycles. The molecule has 1 aromatic heterocycles. The van der Waals surface area contributed by atoms with Gasteiger partial charge >= 0.3 is 5.97 Å². The number of rotatable bonds is 2. The van der Waals surface area contributed by atoms with Crippen LogP contribution in [0.3, 0.4) is 0 Å². The average molecular weight is 240 g/mol. The lowest BCUT2D eigenvalue weighted by Crippen LogP contribution is -2.03. The Labute approximate surface area is 96.5 Å². The molecule has 1 aromatic carbocycles. The van der Waals surface area contributed by atoms with Crippen LogP contribution in [0.1, 0.15) is 29.1 Å². The topological polar surface area (TPSA) is 73.3 Å². The molecule has 1 unspecified atom stereocenters. The van der Waals surface area contributed by atoms with Crippen LogP contribution in [0.25, 0.3) is 10.9 Å². The van der Waals surface area contributed by atoms with Gasteiger partial charge in [-0.25, -0.2) is 4.79 Å². The first-order chi connectivity index (χ1) is 7.50. The number of carbonyl (C=O) groups is 1. The van der Waals surface area contributed by atoms with Gasteiger partial charge < -0.3 is 15.2 Å². The van der Waals surface area contributed by atoms with E-state index in [2.05, 4.69) is 4.98 Å². The Hall–Kier alpha value is -1.52. The summed E-state index contributed by atoms with van der Waals surface area (Å²) < 4.78 is 0.